The summed E-state index contributed by atoms with van der Waals surface area (Å²) >= 11 is 3.41. The second-order valence-electron chi connectivity index (χ2n) is 5.11. The molecule has 0 radical (unpaired) electrons. The van der Waals surface area contributed by atoms with Crippen LogP contribution in [-0.2, 0) is 0 Å². The van der Waals surface area contributed by atoms with E-state index in [1.54, 1.807) is 0 Å². The largest absolute Gasteiger partial charge is 0.490 e. The summed E-state index contributed by atoms with van der Waals surface area (Å²) in [6.07, 6.45) is 4.79. The first-order chi connectivity index (χ1) is 9.11. The van der Waals surface area contributed by atoms with Gasteiger partial charge in [-0.2, -0.15) is 0 Å². The lowest BCUT2D eigenvalue weighted by molar-refractivity contribution is 0.129. The van der Waals surface area contributed by atoms with Crippen LogP contribution in [-0.4, -0.2) is 17.1 Å². The number of hydrogen-bond acceptors (Lipinski definition) is 3. The molecule has 1 aromatic rings. The quantitative estimate of drug-likeness (QED) is 0.386. The maximum atomic E-state index is 8.87. The molecule has 0 amide bonds. The summed E-state index contributed by atoms with van der Waals surface area (Å²) in [7, 11) is 0. The van der Waals surface area contributed by atoms with Crippen LogP contribution < -0.4 is 10.5 Å². The Hall–Kier alpha value is -1.23. The molecule has 0 spiro atoms. The summed E-state index contributed by atoms with van der Waals surface area (Å²) in [5.74, 6) is 1.42. The first kappa shape index (κ1) is 14.2. The standard InChI is InChI=1S/C14H19BrN2O2/c1-9-4-2-5-10(8-9)19-12-7-3-6-11(15)13(12)14(16)17-18/h3,6-7,9-10,18H,2,4-5,8H2,1H3,(H2,16,17). The SMILES string of the molecule is CC1CCCC(Oc2cccc(Br)c2/C(N)=N/O)C1. The van der Waals surface area contributed by atoms with Crippen LogP contribution in [0.2, 0.25) is 0 Å². The third kappa shape index (κ3) is 3.41. The average molecular weight is 327 g/mol. The first-order valence-electron chi connectivity index (χ1n) is 6.55. The fraction of sp³-hybridized carbons (Fsp3) is 0.500. The van der Waals surface area contributed by atoms with E-state index >= 15 is 0 Å². The van der Waals surface area contributed by atoms with Gasteiger partial charge in [0.05, 0.1) is 11.7 Å². The summed E-state index contributed by atoms with van der Waals surface area (Å²) in [6.45, 7) is 2.25. The topological polar surface area (TPSA) is 67.8 Å². The lowest BCUT2D eigenvalue weighted by atomic mass is 9.88. The van der Waals surface area contributed by atoms with Gasteiger partial charge in [0.2, 0.25) is 0 Å². The molecule has 4 nitrogen and oxygen atoms in total. The molecule has 104 valence electrons. The number of amidine groups is 1. The van der Waals surface area contributed by atoms with E-state index in [-0.39, 0.29) is 11.9 Å². The lowest BCUT2D eigenvalue weighted by Gasteiger charge is -2.28. The highest BCUT2D eigenvalue weighted by Crippen LogP contribution is 2.31. The molecule has 2 atom stereocenters. The molecule has 3 N–H and O–H groups in total. The van der Waals surface area contributed by atoms with E-state index in [0.29, 0.717) is 17.2 Å². The number of rotatable bonds is 3. The molecule has 19 heavy (non-hydrogen) atoms. The Balaban J connectivity index is 2.22. The van der Waals surface area contributed by atoms with E-state index in [4.69, 9.17) is 15.7 Å². The minimum absolute atomic E-state index is 0.0614. The van der Waals surface area contributed by atoms with Gasteiger partial charge in [-0.05, 0) is 53.2 Å². The number of halogens is 1. The van der Waals surface area contributed by atoms with Gasteiger partial charge in [-0.25, -0.2) is 0 Å². The molecule has 0 aliphatic heterocycles. The molecule has 1 saturated carbocycles. The van der Waals surface area contributed by atoms with Gasteiger partial charge in [0.15, 0.2) is 5.84 Å². The zero-order valence-electron chi connectivity index (χ0n) is 11.0. The fourth-order valence-electron chi connectivity index (χ4n) is 2.57. The number of nitrogens with zero attached hydrogens (tertiary/aromatic N) is 1. The van der Waals surface area contributed by atoms with Crippen LogP contribution in [0.15, 0.2) is 27.8 Å². The molecule has 0 saturated heterocycles. The van der Waals surface area contributed by atoms with Crippen LogP contribution in [0.4, 0.5) is 0 Å². The maximum Gasteiger partial charge on any atom is 0.174 e. The predicted octanol–water partition coefficient (Wildman–Crippen LogP) is 3.50. The van der Waals surface area contributed by atoms with Crippen molar-refractivity contribution in [2.75, 3.05) is 0 Å². The maximum absolute atomic E-state index is 8.87. The van der Waals surface area contributed by atoms with Gasteiger partial charge in [-0.1, -0.05) is 24.6 Å². The van der Waals surface area contributed by atoms with Gasteiger partial charge in [0, 0.05) is 4.47 Å². The summed E-state index contributed by atoms with van der Waals surface area (Å²) in [4.78, 5) is 0. The van der Waals surface area contributed by atoms with Crippen LogP contribution in [0.5, 0.6) is 5.75 Å². The van der Waals surface area contributed by atoms with E-state index in [2.05, 4.69) is 28.0 Å². The minimum Gasteiger partial charge on any atom is -0.490 e. The molecule has 2 unspecified atom stereocenters. The molecule has 0 aromatic heterocycles. The molecule has 1 aliphatic carbocycles. The molecular formula is C14H19BrN2O2. The highest BCUT2D eigenvalue weighted by Gasteiger charge is 2.22. The molecule has 1 aliphatic rings. The van der Waals surface area contributed by atoms with Gasteiger partial charge >= 0.3 is 0 Å². The van der Waals surface area contributed by atoms with Gasteiger partial charge in [0.1, 0.15) is 5.75 Å². The molecule has 0 heterocycles. The predicted molar refractivity (Wildman–Crippen MR) is 78.7 cm³/mol. The number of ether oxygens (including phenoxy) is 1. The van der Waals surface area contributed by atoms with E-state index in [0.717, 1.165) is 17.3 Å². The smallest absolute Gasteiger partial charge is 0.174 e. The molecule has 1 fully saturated rings. The van der Waals surface area contributed by atoms with Gasteiger partial charge in [-0.3, -0.25) is 0 Å². The third-order valence-electron chi connectivity index (χ3n) is 3.52. The first-order valence-corrected chi connectivity index (χ1v) is 7.34. The Kier molecular flexibility index (Phi) is 4.69. The molecular weight excluding hydrogens is 308 g/mol. The fourth-order valence-corrected chi connectivity index (χ4v) is 3.12. The van der Waals surface area contributed by atoms with Crippen LogP contribution >= 0.6 is 15.9 Å². The number of nitrogens with two attached hydrogens (primary N) is 1. The Morgan fingerprint density at radius 2 is 2.26 bits per heavy atom. The molecule has 5 heteroatoms. The van der Waals surface area contributed by atoms with E-state index in [9.17, 15) is 0 Å². The van der Waals surface area contributed by atoms with E-state index in [1.807, 2.05) is 18.2 Å². The molecule has 1 aromatic carbocycles. The van der Waals surface area contributed by atoms with Crippen LogP contribution in [0.25, 0.3) is 0 Å². The average Bonchev–Trinajstić information content (AvgIpc) is 2.38. The van der Waals surface area contributed by atoms with Crippen LogP contribution in [0, 0.1) is 5.92 Å². The van der Waals surface area contributed by atoms with Gasteiger partial charge in [0.25, 0.3) is 0 Å². The summed E-state index contributed by atoms with van der Waals surface area (Å²) in [6, 6.07) is 5.60. The van der Waals surface area contributed by atoms with Crippen LogP contribution in [0.1, 0.15) is 38.2 Å². The van der Waals surface area contributed by atoms with E-state index in [1.165, 1.54) is 12.8 Å². The normalized spacial score (nSPS) is 24.2. The number of hydrogen-bond donors (Lipinski definition) is 2. The Morgan fingerprint density at radius 3 is 2.95 bits per heavy atom. The monoisotopic (exact) mass is 326 g/mol. The number of oxime groups is 1. The van der Waals surface area contributed by atoms with Gasteiger partial charge in [-0.15, -0.1) is 0 Å². The lowest BCUT2D eigenvalue weighted by Crippen LogP contribution is -2.25. The van der Waals surface area contributed by atoms with Crippen molar-refractivity contribution in [3.63, 3.8) is 0 Å². The second kappa shape index (κ2) is 6.28. The van der Waals surface area contributed by atoms with Crippen molar-refractivity contribution in [3.8, 4) is 5.75 Å². The zero-order chi connectivity index (χ0) is 13.8. The van der Waals surface area contributed by atoms with Crippen molar-refractivity contribution in [1.82, 2.24) is 0 Å². The Labute approximate surface area is 121 Å². The van der Waals surface area contributed by atoms with Crippen molar-refractivity contribution in [3.05, 3.63) is 28.2 Å². The third-order valence-corrected chi connectivity index (χ3v) is 4.18. The Bertz CT molecular complexity index is 477. The van der Waals surface area contributed by atoms with Crippen molar-refractivity contribution in [2.24, 2.45) is 16.8 Å². The number of benzene rings is 1. The highest BCUT2D eigenvalue weighted by atomic mass is 79.9. The van der Waals surface area contributed by atoms with E-state index < -0.39 is 0 Å². The summed E-state index contributed by atoms with van der Waals surface area (Å²) < 4.78 is 6.83. The van der Waals surface area contributed by atoms with Crippen LogP contribution in [0.3, 0.4) is 0 Å². The summed E-state index contributed by atoms with van der Waals surface area (Å²) in [5, 5.41) is 11.9. The van der Waals surface area contributed by atoms with Crippen molar-refractivity contribution in [1.29, 1.82) is 0 Å². The highest BCUT2D eigenvalue weighted by molar-refractivity contribution is 9.10. The molecule has 2 rings (SSSR count). The minimum atomic E-state index is 0.0614. The van der Waals surface area contributed by atoms with Gasteiger partial charge < -0.3 is 15.7 Å². The van der Waals surface area contributed by atoms with Crippen molar-refractivity contribution >= 4 is 21.8 Å². The molecule has 0 bridgehead atoms. The zero-order valence-corrected chi connectivity index (χ0v) is 12.6. The van der Waals surface area contributed by atoms with Crippen molar-refractivity contribution < 1.29 is 9.94 Å². The second-order valence-corrected chi connectivity index (χ2v) is 5.96. The Morgan fingerprint density at radius 1 is 1.47 bits per heavy atom. The van der Waals surface area contributed by atoms with Crippen molar-refractivity contribution in [2.45, 2.75) is 38.7 Å². The summed E-state index contributed by atoms with van der Waals surface area (Å²) in [5.41, 5.74) is 6.33.